The predicted molar refractivity (Wildman–Crippen MR) is 65.8 cm³/mol. The Balaban J connectivity index is 4.18. The van der Waals surface area contributed by atoms with Gasteiger partial charge in [0.15, 0.2) is 0 Å². The van der Waals surface area contributed by atoms with E-state index in [-0.39, 0.29) is 5.92 Å². The molecule has 2 atom stereocenters. The molecular weight excluding hydrogens is 238 g/mol. The Morgan fingerprint density at radius 1 is 1.22 bits per heavy atom. The zero-order chi connectivity index (χ0) is 14.3. The minimum Gasteiger partial charge on any atom is -0.480 e. The van der Waals surface area contributed by atoms with Crippen molar-refractivity contribution in [3.63, 3.8) is 0 Å². The Kier molecular flexibility index (Phi) is 6.77. The van der Waals surface area contributed by atoms with Crippen LogP contribution < -0.4 is 16.4 Å². The van der Waals surface area contributed by atoms with Gasteiger partial charge in [-0.1, -0.05) is 20.8 Å². The first-order chi connectivity index (χ1) is 8.23. The number of carbonyl (C=O) groups is 3. The number of nitrogens with one attached hydrogen (secondary N) is 2. The summed E-state index contributed by atoms with van der Waals surface area (Å²) in [6, 6.07) is -1.91. The Morgan fingerprint density at radius 2 is 1.78 bits per heavy atom. The average Bonchev–Trinajstić information content (AvgIpc) is 2.23. The molecule has 0 saturated heterocycles. The van der Waals surface area contributed by atoms with Crippen molar-refractivity contribution in [2.75, 3.05) is 6.54 Å². The highest BCUT2D eigenvalue weighted by Crippen LogP contribution is 2.07. The first-order valence-electron chi connectivity index (χ1n) is 5.79. The van der Waals surface area contributed by atoms with Crippen molar-refractivity contribution in [3.05, 3.63) is 0 Å². The maximum atomic E-state index is 11.4. The van der Waals surface area contributed by atoms with E-state index in [1.807, 2.05) is 20.8 Å². The topological polar surface area (TPSA) is 122 Å². The number of primary amides is 1. The smallest absolute Gasteiger partial charge is 0.326 e. The number of amides is 3. The number of hydrogen-bond donors (Lipinski definition) is 4. The van der Waals surface area contributed by atoms with Crippen LogP contribution in [0, 0.1) is 11.8 Å². The van der Waals surface area contributed by atoms with Crippen LogP contribution in [0.15, 0.2) is 0 Å². The third-order valence-corrected chi connectivity index (χ3v) is 2.73. The number of carbonyl (C=O) groups excluding carboxylic acids is 2. The molecule has 18 heavy (non-hydrogen) atoms. The zero-order valence-corrected chi connectivity index (χ0v) is 10.9. The highest BCUT2D eigenvalue weighted by molar-refractivity contribution is 5.87. The standard InChI is InChI=1S/C11H21N3O4/c1-6(2)7(3)5-13-11(18)14-8(10(16)17)4-9(12)15/h6-8H,4-5H2,1-3H3,(H2,12,15)(H,16,17)(H2,13,14,18)/t7?,8-/m1/s1. The fourth-order valence-corrected chi connectivity index (χ4v) is 1.10. The van der Waals surface area contributed by atoms with Gasteiger partial charge in [0.25, 0.3) is 0 Å². The van der Waals surface area contributed by atoms with Gasteiger partial charge in [-0.3, -0.25) is 4.79 Å². The highest BCUT2D eigenvalue weighted by atomic mass is 16.4. The van der Waals surface area contributed by atoms with E-state index >= 15 is 0 Å². The predicted octanol–water partition coefficient (Wildman–Crippen LogP) is -0.0937. The molecule has 0 heterocycles. The minimum atomic E-state index is -1.29. The van der Waals surface area contributed by atoms with Crippen LogP contribution in [-0.2, 0) is 9.59 Å². The molecule has 5 N–H and O–H groups in total. The van der Waals surface area contributed by atoms with Crippen molar-refractivity contribution in [1.29, 1.82) is 0 Å². The monoisotopic (exact) mass is 259 g/mol. The van der Waals surface area contributed by atoms with Gasteiger partial charge in [0.1, 0.15) is 6.04 Å². The van der Waals surface area contributed by atoms with Crippen LogP contribution >= 0.6 is 0 Å². The largest absolute Gasteiger partial charge is 0.480 e. The molecule has 3 amide bonds. The van der Waals surface area contributed by atoms with Crippen LogP contribution in [0.5, 0.6) is 0 Å². The average molecular weight is 259 g/mol. The molecule has 104 valence electrons. The number of carboxylic acid groups (broad SMARTS) is 1. The van der Waals surface area contributed by atoms with Crippen LogP contribution in [0.3, 0.4) is 0 Å². The quantitative estimate of drug-likeness (QED) is 0.510. The van der Waals surface area contributed by atoms with E-state index in [1.165, 1.54) is 0 Å². The van der Waals surface area contributed by atoms with Crippen molar-refractivity contribution < 1.29 is 19.5 Å². The first kappa shape index (κ1) is 16.2. The van der Waals surface area contributed by atoms with Crippen molar-refractivity contribution in [3.8, 4) is 0 Å². The van der Waals surface area contributed by atoms with Crippen molar-refractivity contribution >= 4 is 17.9 Å². The van der Waals surface area contributed by atoms with Gasteiger partial charge < -0.3 is 21.5 Å². The van der Waals surface area contributed by atoms with Gasteiger partial charge in [-0.2, -0.15) is 0 Å². The van der Waals surface area contributed by atoms with E-state index < -0.39 is 30.4 Å². The molecule has 0 aliphatic rings. The Bertz CT molecular complexity index is 317. The van der Waals surface area contributed by atoms with E-state index in [4.69, 9.17) is 10.8 Å². The second kappa shape index (κ2) is 7.52. The summed E-state index contributed by atoms with van der Waals surface area (Å²) < 4.78 is 0. The van der Waals surface area contributed by atoms with Crippen LogP contribution in [0.2, 0.25) is 0 Å². The Hall–Kier alpha value is -1.79. The van der Waals surface area contributed by atoms with E-state index in [2.05, 4.69) is 10.6 Å². The summed E-state index contributed by atoms with van der Waals surface area (Å²) in [6.07, 6.45) is -0.428. The van der Waals surface area contributed by atoms with Gasteiger partial charge in [0.2, 0.25) is 5.91 Å². The molecule has 0 fully saturated rings. The summed E-state index contributed by atoms with van der Waals surface area (Å²) in [6.45, 7) is 6.46. The molecule has 0 aromatic heterocycles. The number of urea groups is 1. The maximum absolute atomic E-state index is 11.4. The highest BCUT2D eigenvalue weighted by Gasteiger charge is 2.22. The minimum absolute atomic E-state index is 0.273. The van der Waals surface area contributed by atoms with Crippen molar-refractivity contribution in [1.82, 2.24) is 10.6 Å². The summed E-state index contributed by atoms with van der Waals surface area (Å²) in [5.41, 5.74) is 4.89. The molecular formula is C11H21N3O4. The summed E-state index contributed by atoms with van der Waals surface area (Å²) in [5.74, 6) is -1.39. The number of carboxylic acids is 1. The molecule has 0 spiro atoms. The molecule has 0 bridgehead atoms. The number of hydrogen-bond acceptors (Lipinski definition) is 3. The molecule has 0 aromatic carbocycles. The van der Waals surface area contributed by atoms with Crippen LogP contribution in [0.1, 0.15) is 27.2 Å². The SMILES string of the molecule is CC(C)C(C)CNC(=O)N[C@H](CC(N)=O)C(=O)O. The number of aliphatic carboxylic acids is 1. The van der Waals surface area contributed by atoms with E-state index in [1.54, 1.807) is 0 Å². The van der Waals surface area contributed by atoms with Gasteiger partial charge in [-0.25, -0.2) is 9.59 Å². The van der Waals surface area contributed by atoms with Crippen LogP contribution in [-0.4, -0.2) is 35.6 Å². The summed E-state index contributed by atoms with van der Waals surface area (Å²) in [7, 11) is 0. The molecule has 1 unspecified atom stereocenters. The van der Waals surface area contributed by atoms with Crippen molar-refractivity contribution in [2.24, 2.45) is 17.6 Å². The van der Waals surface area contributed by atoms with Gasteiger partial charge in [0, 0.05) is 6.54 Å². The molecule has 0 saturated carbocycles. The summed E-state index contributed by atoms with van der Waals surface area (Å²) >= 11 is 0. The molecule has 0 rings (SSSR count). The van der Waals surface area contributed by atoms with Crippen molar-refractivity contribution in [2.45, 2.75) is 33.2 Å². The molecule has 0 aliphatic heterocycles. The number of nitrogens with two attached hydrogens (primary N) is 1. The summed E-state index contributed by atoms with van der Waals surface area (Å²) in [5, 5.41) is 13.5. The van der Waals surface area contributed by atoms with Crippen LogP contribution in [0.25, 0.3) is 0 Å². The van der Waals surface area contributed by atoms with Gasteiger partial charge >= 0.3 is 12.0 Å². The number of rotatable bonds is 7. The second-order valence-corrected chi connectivity index (χ2v) is 4.64. The molecule has 0 aliphatic carbocycles. The van der Waals surface area contributed by atoms with E-state index in [9.17, 15) is 14.4 Å². The third kappa shape index (κ3) is 6.72. The van der Waals surface area contributed by atoms with Gasteiger partial charge in [-0.15, -0.1) is 0 Å². The normalized spacial score (nSPS) is 13.8. The second-order valence-electron chi connectivity index (χ2n) is 4.64. The molecule has 0 aromatic rings. The molecule has 7 nitrogen and oxygen atoms in total. The lowest BCUT2D eigenvalue weighted by Gasteiger charge is -2.18. The lowest BCUT2D eigenvalue weighted by molar-refractivity contribution is -0.140. The van der Waals surface area contributed by atoms with Crippen LogP contribution in [0.4, 0.5) is 4.79 Å². The van der Waals surface area contributed by atoms with E-state index in [0.717, 1.165) is 0 Å². The molecule has 0 radical (unpaired) electrons. The Morgan fingerprint density at radius 3 is 2.17 bits per heavy atom. The Labute approximate surface area is 106 Å². The van der Waals surface area contributed by atoms with Gasteiger partial charge in [0.05, 0.1) is 6.42 Å². The fourth-order valence-electron chi connectivity index (χ4n) is 1.10. The fraction of sp³-hybridized carbons (Fsp3) is 0.727. The summed E-state index contributed by atoms with van der Waals surface area (Å²) in [4.78, 5) is 32.8. The lowest BCUT2D eigenvalue weighted by Crippen LogP contribution is -2.48. The third-order valence-electron chi connectivity index (χ3n) is 2.73. The first-order valence-corrected chi connectivity index (χ1v) is 5.79. The molecule has 7 heteroatoms. The maximum Gasteiger partial charge on any atom is 0.326 e. The zero-order valence-electron chi connectivity index (χ0n) is 10.9. The van der Waals surface area contributed by atoms with E-state index in [0.29, 0.717) is 12.5 Å². The lowest BCUT2D eigenvalue weighted by atomic mass is 9.98. The van der Waals surface area contributed by atoms with Gasteiger partial charge in [-0.05, 0) is 11.8 Å².